The van der Waals surface area contributed by atoms with Crippen molar-refractivity contribution in [3.05, 3.63) is 69.4 Å². The van der Waals surface area contributed by atoms with Crippen LogP contribution in [-0.4, -0.2) is 37.3 Å². The lowest BCUT2D eigenvalue weighted by molar-refractivity contribution is -0.121. The van der Waals surface area contributed by atoms with E-state index in [1.165, 1.54) is 28.8 Å². The molecule has 0 unspecified atom stereocenters. The van der Waals surface area contributed by atoms with Crippen LogP contribution < -0.4 is 0 Å². The van der Waals surface area contributed by atoms with E-state index in [1.54, 1.807) is 18.2 Å². The smallest absolute Gasteiger partial charge is 0.335 e. The molecule has 1 aliphatic rings. The molecule has 0 aliphatic carbocycles. The SMILES string of the molecule is C=CCN1C(=O)/C(=C/c2cc(C)n(-c3cc(C(=O)O)ccc3Cl)c2C)SC1=S. The first kappa shape index (κ1) is 20.4. The molecule has 0 saturated carbocycles. The Morgan fingerprint density at radius 3 is 2.71 bits per heavy atom. The standard InChI is InChI=1S/C20H17ClN2O3S2/c1-4-7-22-18(24)17(28-20(22)27)10-14-8-11(2)23(12(14)3)16-9-13(19(25)26)5-6-15(16)21/h4-6,8-10H,1,7H2,2-3H3,(H,25,26)/b17-10-. The minimum absolute atomic E-state index is 0.148. The van der Waals surface area contributed by atoms with Gasteiger partial charge in [-0.2, -0.15) is 0 Å². The number of thioether (sulfide) groups is 1. The van der Waals surface area contributed by atoms with Crippen molar-refractivity contribution in [2.45, 2.75) is 13.8 Å². The van der Waals surface area contributed by atoms with Crippen LogP contribution in [0.1, 0.15) is 27.3 Å². The third-order valence-corrected chi connectivity index (χ3v) is 6.07. The molecule has 5 nitrogen and oxygen atoms in total. The van der Waals surface area contributed by atoms with E-state index in [-0.39, 0.29) is 11.5 Å². The maximum absolute atomic E-state index is 12.6. The van der Waals surface area contributed by atoms with Crippen molar-refractivity contribution < 1.29 is 14.7 Å². The fourth-order valence-corrected chi connectivity index (χ4v) is 4.52. The monoisotopic (exact) mass is 432 g/mol. The number of carbonyl (C=O) groups is 2. The molecule has 3 rings (SSSR count). The molecule has 1 amide bonds. The van der Waals surface area contributed by atoms with E-state index >= 15 is 0 Å². The topological polar surface area (TPSA) is 62.5 Å². The molecule has 8 heteroatoms. The number of thiocarbonyl (C=S) groups is 1. The number of aromatic nitrogens is 1. The van der Waals surface area contributed by atoms with Gasteiger partial charge in [-0.3, -0.25) is 9.69 Å². The molecule has 1 N–H and O–H groups in total. The van der Waals surface area contributed by atoms with Gasteiger partial charge in [0.2, 0.25) is 0 Å². The van der Waals surface area contributed by atoms with Gasteiger partial charge in [0.05, 0.1) is 21.2 Å². The molecule has 28 heavy (non-hydrogen) atoms. The Morgan fingerprint density at radius 2 is 2.07 bits per heavy atom. The van der Waals surface area contributed by atoms with Crippen molar-refractivity contribution in [1.82, 2.24) is 9.47 Å². The minimum atomic E-state index is -1.02. The molecule has 144 valence electrons. The number of carboxylic acid groups (broad SMARTS) is 1. The van der Waals surface area contributed by atoms with Crippen LogP contribution in [0.3, 0.4) is 0 Å². The van der Waals surface area contributed by atoms with Gasteiger partial charge in [0, 0.05) is 17.9 Å². The van der Waals surface area contributed by atoms with Crippen LogP contribution in [0.4, 0.5) is 0 Å². The molecule has 1 fully saturated rings. The molecule has 1 aromatic heterocycles. The van der Waals surface area contributed by atoms with E-state index in [0.717, 1.165) is 17.0 Å². The molecule has 0 bridgehead atoms. The van der Waals surface area contributed by atoms with Crippen LogP contribution in [0.15, 0.2) is 41.8 Å². The van der Waals surface area contributed by atoms with Crippen molar-refractivity contribution in [3.8, 4) is 5.69 Å². The third-order valence-electron chi connectivity index (χ3n) is 4.38. The van der Waals surface area contributed by atoms with E-state index in [4.69, 9.17) is 23.8 Å². The van der Waals surface area contributed by atoms with E-state index < -0.39 is 5.97 Å². The summed E-state index contributed by atoms with van der Waals surface area (Å²) in [7, 11) is 0. The second-order valence-electron chi connectivity index (χ2n) is 6.21. The highest BCUT2D eigenvalue weighted by atomic mass is 35.5. The van der Waals surface area contributed by atoms with E-state index in [2.05, 4.69) is 6.58 Å². The third kappa shape index (κ3) is 3.65. The predicted octanol–water partition coefficient (Wildman–Crippen LogP) is 4.83. The second kappa shape index (κ2) is 7.95. The van der Waals surface area contributed by atoms with E-state index in [1.807, 2.05) is 24.5 Å². The molecule has 0 radical (unpaired) electrons. The first-order valence-corrected chi connectivity index (χ1v) is 9.93. The summed E-state index contributed by atoms with van der Waals surface area (Å²) in [6.07, 6.45) is 3.44. The summed E-state index contributed by atoms with van der Waals surface area (Å²) in [6.45, 7) is 7.82. The van der Waals surface area contributed by atoms with Crippen LogP contribution in [0.25, 0.3) is 11.8 Å². The normalized spacial score (nSPS) is 15.5. The number of carboxylic acids is 1. The lowest BCUT2D eigenvalue weighted by Gasteiger charge is -2.12. The zero-order valence-corrected chi connectivity index (χ0v) is 17.6. The van der Waals surface area contributed by atoms with Gasteiger partial charge < -0.3 is 9.67 Å². The summed E-state index contributed by atoms with van der Waals surface area (Å²) in [5, 5.41) is 9.72. The Labute approximate surface area is 177 Å². The summed E-state index contributed by atoms with van der Waals surface area (Å²) in [4.78, 5) is 25.9. The predicted molar refractivity (Wildman–Crippen MR) is 117 cm³/mol. The zero-order valence-electron chi connectivity index (χ0n) is 15.2. The van der Waals surface area contributed by atoms with Crippen molar-refractivity contribution in [2.75, 3.05) is 6.54 Å². The Morgan fingerprint density at radius 1 is 1.36 bits per heavy atom. The van der Waals surface area contributed by atoms with Crippen LogP contribution in [-0.2, 0) is 4.79 Å². The number of hydrogen-bond acceptors (Lipinski definition) is 4. The average molecular weight is 433 g/mol. The summed E-state index contributed by atoms with van der Waals surface area (Å²) in [5.74, 6) is -1.17. The number of hydrogen-bond donors (Lipinski definition) is 1. The van der Waals surface area contributed by atoms with Gasteiger partial charge in [-0.15, -0.1) is 6.58 Å². The van der Waals surface area contributed by atoms with Crippen molar-refractivity contribution >= 4 is 57.9 Å². The Balaban J connectivity index is 2.06. The number of carbonyl (C=O) groups excluding carboxylic acids is 1. The highest BCUT2D eigenvalue weighted by Gasteiger charge is 2.31. The largest absolute Gasteiger partial charge is 0.478 e. The first-order valence-electron chi connectivity index (χ1n) is 8.33. The zero-order chi connectivity index (χ0) is 20.6. The summed E-state index contributed by atoms with van der Waals surface area (Å²) in [5.41, 5.74) is 3.29. The van der Waals surface area contributed by atoms with Crippen LogP contribution >= 0.6 is 35.6 Å². The molecule has 2 heterocycles. The number of benzene rings is 1. The highest BCUT2D eigenvalue weighted by Crippen LogP contribution is 2.34. The molecule has 1 saturated heterocycles. The Bertz CT molecular complexity index is 1060. The lowest BCUT2D eigenvalue weighted by Crippen LogP contribution is -2.27. The van der Waals surface area contributed by atoms with Gasteiger partial charge in [0.1, 0.15) is 4.32 Å². The molecule has 1 aliphatic heterocycles. The Kier molecular flexibility index (Phi) is 5.79. The van der Waals surface area contributed by atoms with Gasteiger partial charge in [0.25, 0.3) is 5.91 Å². The van der Waals surface area contributed by atoms with Crippen molar-refractivity contribution in [3.63, 3.8) is 0 Å². The maximum Gasteiger partial charge on any atom is 0.335 e. The number of amides is 1. The van der Waals surface area contributed by atoms with Gasteiger partial charge >= 0.3 is 5.97 Å². The number of aromatic carboxylic acids is 1. The second-order valence-corrected chi connectivity index (χ2v) is 8.30. The summed E-state index contributed by atoms with van der Waals surface area (Å²) >= 11 is 12.9. The number of aryl methyl sites for hydroxylation is 1. The van der Waals surface area contributed by atoms with Gasteiger partial charge in [-0.25, -0.2) is 4.79 Å². The van der Waals surface area contributed by atoms with Crippen LogP contribution in [0.2, 0.25) is 5.02 Å². The molecule has 0 atom stereocenters. The van der Waals surface area contributed by atoms with Crippen molar-refractivity contribution in [1.29, 1.82) is 0 Å². The number of rotatable bonds is 5. The molecular formula is C20H17ClN2O3S2. The fourth-order valence-electron chi connectivity index (χ4n) is 3.05. The molecule has 2 aromatic rings. The highest BCUT2D eigenvalue weighted by molar-refractivity contribution is 8.26. The van der Waals surface area contributed by atoms with E-state index in [9.17, 15) is 14.7 Å². The van der Waals surface area contributed by atoms with Crippen LogP contribution in [0, 0.1) is 13.8 Å². The van der Waals surface area contributed by atoms with E-state index in [0.29, 0.717) is 26.5 Å². The number of nitrogens with zero attached hydrogens (tertiary/aromatic N) is 2. The van der Waals surface area contributed by atoms with Crippen molar-refractivity contribution in [2.24, 2.45) is 0 Å². The first-order chi connectivity index (χ1) is 13.2. The Hall–Kier alpha value is -2.35. The van der Waals surface area contributed by atoms with Crippen LogP contribution in [0.5, 0.6) is 0 Å². The van der Waals surface area contributed by atoms with Gasteiger partial charge in [-0.05, 0) is 49.8 Å². The maximum atomic E-state index is 12.6. The van der Waals surface area contributed by atoms with Gasteiger partial charge in [-0.1, -0.05) is 41.7 Å². The lowest BCUT2D eigenvalue weighted by atomic mass is 10.2. The average Bonchev–Trinajstić information content (AvgIpc) is 3.06. The quantitative estimate of drug-likeness (QED) is 0.416. The summed E-state index contributed by atoms with van der Waals surface area (Å²) in [6, 6.07) is 6.50. The van der Waals surface area contributed by atoms with Gasteiger partial charge in [0.15, 0.2) is 0 Å². The molecular weight excluding hydrogens is 416 g/mol. The minimum Gasteiger partial charge on any atom is -0.478 e. The molecule has 0 spiro atoms. The summed E-state index contributed by atoms with van der Waals surface area (Å²) < 4.78 is 2.38. The molecule has 1 aromatic carbocycles. The fraction of sp³-hybridized carbons (Fsp3) is 0.150. The number of halogens is 1.